The Bertz CT molecular complexity index is 796. The highest BCUT2D eigenvalue weighted by Crippen LogP contribution is 2.30. The molecular weight excluding hydrogens is 340 g/mol. The van der Waals surface area contributed by atoms with Gasteiger partial charge in [-0.1, -0.05) is 6.07 Å². The standard InChI is InChI=1S/C19H21F2N3O2/c1-22-19(24-12-14-10-15(20)4-5-16(14)21)23-11-13-3-6-17-18(9-13)26-8-2-7-25-17/h3-6,9-10H,2,7-8,11-12H2,1H3,(H2,22,23,24). The van der Waals surface area contributed by atoms with Gasteiger partial charge in [0.15, 0.2) is 17.5 Å². The molecule has 0 aromatic heterocycles. The largest absolute Gasteiger partial charge is 0.490 e. The van der Waals surface area contributed by atoms with Gasteiger partial charge in [0.05, 0.1) is 13.2 Å². The summed E-state index contributed by atoms with van der Waals surface area (Å²) in [4.78, 5) is 4.10. The van der Waals surface area contributed by atoms with Gasteiger partial charge in [-0.15, -0.1) is 0 Å². The van der Waals surface area contributed by atoms with E-state index in [1.807, 2.05) is 18.2 Å². The Balaban J connectivity index is 1.57. The third-order valence-corrected chi connectivity index (χ3v) is 3.95. The number of aliphatic imine (C=N–C) groups is 1. The van der Waals surface area contributed by atoms with Crippen LogP contribution in [0.4, 0.5) is 8.78 Å². The fourth-order valence-electron chi connectivity index (χ4n) is 2.58. The minimum Gasteiger partial charge on any atom is -0.490 e. The normalized spacial score (nSPS) is 13.9. The molecule has 0 spiro atoms. The van der Waals surface area contributed by atoms with Crippen LogP contribution in [0.2, 0.25) is 0 Å². The number of nitrogens with zero attached hydrogens (tertiary/aromatic N) is 1. The van der Waals surface area contributed by atoms with Crippen molar-refractivity contribution in [3.05, 3.63) is 59.2 Å². The molecule has 7 heteroatoms. The van der Waals surface area contributed by atoms with Crippen LogP contribution in [0.1, 0.15) is 17.5 Å². The fourth-order valence-corrected chi connectivity index (χ4v) is 2.58. The number of rotatable bonds is 4. The third-order valence-electron chi connectivity index (χ3n) is 3.95. The van der Waals surface area contributed by atoms with Crippen LogP contribution in [-0.2, 0) is 13.1 Å². The number of ether oxygens (including phenoxy) is 2. The number of hydrogen-bond acceptors (Lipinski definition) is 3. The second kappa shape index (κ2) is 8.51. The van der Waals surface area contributed by atoms with Crippen molar-refractivity contribution in [3.8, 4) is 11.5 Å². The summed E-state index contributed by atoms with van der Waals surface area (Å²) in [5.41, 5.74) is 1.23. The van der Waals surface area contributed by atoms with E-state index >= 15 is 0 Å². The molecule has 1 aliphatic rings. The number of halogens is 2. The molecule has 1 heterocycles. The molecule has 2 aromatic rings. The topological polar surface area (TPSA) is 54.9 Å². The van der Waals surface area contributed by atoms with Crippen molar-refractivity contribution in [1.82, 2.24) is 10.6 Å². The van der Waals surface area contributed by atoms with Gasteiger partial charge < -0.3 is 20.1 Å². The zero-order valence-corrected chi connectivity index (χ0v) is 14.5. The van der Waals surface area contributed by atoms with Crippen molar-refractivity contribution < 1.29 is 18.3 Å². The van der Waals surface area contributed by atoms with Crippen molar-refractivity contribution >= 4 is 5.96 Å². The van der Waals surface area contributed by atoms with Crippen molar-refractivity contribution in [3.63, 3.8) is 0 Å². The maximum Gasteiger partial charge on any atom is 0.191 e. The van der Waals surface area contributed by atoms with Crippen molar-refractivity contribution in [2.45, 2.75) is 19.5 Å². The summed E-state index contributed by atoms with van der Waals surface area (Å²) in [6.07, 6.45) is 0.857. The van der Waals surface area contributed by atoms with Gasteiger partial charge in [0, 0.05) is 32.1 Å². The molecule has 1 aliphatic heterocycles. The first-order chi connectivity index (χ1) is 12.7. The first-order valence-corrected chi connectivity index (χ1v) is 8.42. The Labute approximate surface area is 151 Å². The summed E-state index contributed by atoms with van der Waals surface area (Å²) < 4.78 is 38.2. The van der Waals surface area contributed by atoms with Gasteiger partial charge in [-0.3, -0.25) is 4.99 Å². The lowest BCUT2D eigenvalue weighted by molar-refractivity contribution is 0.297. The van der Waals surface area contributed by atoms with Gasteiger partial charge in [-0.25, -0.2) is 8.78 Å². The highest BCUT2D eigenvalue weighted by atomic mass is 19.1. The Morgan fingerprint density at radius 2 is 1.77 bits per heavy atom. The predicted octanol–water partition coefficient (Wildman–Crippen LogP) is 2.99. The Morgan fingerprint density at radius 1 is 1.00 bits per heavy atom. The van der Waals surface area contributed by atoms with E-state index in [2.05, 4.69) is 15.6 Å². The molecule has 0 saturated heterocycles. The monoisotopic (exact) mass is 361 g/mol. The van der Waals surface area contributed by atoms with E-state index in [-0.39, 0.29) is 12.1 Å². The van der Waals surface area contributed by atoms with Crippen LogP contribution >= 0.6 is 0 Å². The summed E-state index contributed by atoms with van der Waals surface area (Å²) >= 11 is 0. The van der Waals surface area contributed by atoms with Crippen LogP contribution in [0, 0.1) is 11.6 Å². The molecule has 0 amide bonds. The lowest BCUT2D eigenvalue weighted by Crippen LogP contribution is -2.36. The van der Waals surface area contributed by atoms with Crippen LogP contribution in [0.5, 0.6) is 11.5 Å². The van der Waals surface area contributed by atoms with E-state index in [0.717, 1.165) is 35.6 Å². The van der Waals surface area contributed by atoms with Gasteiger partial charge in [-0.2, -0.15) is 0 Å². The Morgan fingerprint density at radius 3 is 2.58 bits per heavy atom. The van der Waals surface area contributed by atoms with Gasteiger partial charge in [0.1, 0.15) is 11.6 Å². The second-order valence-corrected chi connectivity index (χ2v) is 5.85. The minimum absolute atomic E-state index is 0.129. The van der Waals surface area contributed by atoms with Gasteiger partial charge >= 0.3 is 0 Å². The summed E-state index contributed by atoms with van der Waals surface area (Å²) in [7, 11) is 1.62. The third kappa shape index (κ3) is 4.62. The minimum atomic E-state index is -0.474. The Kier molecular flexibility index (Phi) is 5.88. The molecular formula is C19H21F2N3O2. The maximum atomic E-state index is 13.7. The van der Waals surface area contributed by atoms with Crippen LogP contribution < -0.4 is 20.1 Å². The average molecular weight is 361 g/mol. The van der Waals surface area contributed by atoms with E-state index < -0.39 is 11.6 Å². The summed E-state index contributed by atoms with van der Waals surface area (Å²) in [6.45, 7) is 1.91. The quantitative estimate of drug-likeness (QED) is 0.649. The zero-order chi connectivity index (χ0) is 18.4. The molecule has 0 atom stereocenters. The zero-order valence-electron chi connectivity index (χ0n) is 14.5. The summed E-state index contributed by atoms with van der Waals surface area (Å²) in [5, 5.41) is 6.11. The van der Waals surface area contributed by atoms with Crippen LogP contribution in [-0.4, -0.2) is 26.2 Å². The van der Waals surface area contributed by atoms with Crippen LogP contribution in [0.15, 0.2) is 41.4 Å². The first kappa shape index (κ1) is 18.0. The number of hydrogen-bond donors (Lipinski definition) is 2. The van der Waals surface area contributed by atoms with Crippen LogP contribution in [0.25, 0.3) is 0 Å². The molecule has 0 bridgehead atoms. The van der Waals surface area contributed by atoms with E-state index in [0.29, 0.717) is 25.7 Å². The number of nitrogens with one attached hydrogen (secondary N) is 2. The molecule has 2 aromatic carbocycles. The summed E-state index contributed by atoms with van der Waals surface area (Å²) in [6, 6.07) is 9.12. The van der Waals surface area contributed by atoms with Crippen molar-refractivity contribution in [2.75, 3.05) is 20.3 Å². The molecule has 2 N–H and O–H groups in total. The molecule has 0 radical (unpaired) electrons. The van der Waals surface area contributed by atoms with Gasteiger partial charge in [0.25, 0.3) is 0 Å². The summed E-state index contributed by atoms with van der Waals surface area (Å²) in [5.74, 6) is 1.03. The van der Waals surface area contributed by atoms with E-state index in [9.17, 15) is 8.78 Å². The maximum absolute atomic E-state index is 13.7. The first-order valence-electron chi connectivity index (χ1n) is 8.42. The molecule has 0 fully saturated rings. The highest BCUT2D eigenvalue weighted by Gasteiger charge is 2.11. The van der Waals surface area contributed by atoms with E-state index in [1.165, 1.54) is 6.07 Å². The van der Waals surface area contributed by atoms with E-state index in [1.54, 1.807) is 7.05 Å². The number of benzene rings is 2. The molecule has 0 saturated carbocycles. The average Bonchev–Trinajstić information content (AvgIpc) is 2.89. The predicted molar refractivity (Wildman–Crippen MR) is 95.4 cm³/mol. The molecule has 3 rings (SSSR count). The SMILES string of the molecule is CN=C(NCc1ccc2c(c1)OCCCO2)NCc1cc(F)ccc1F. The smallest absolute Gasteiger partial charge is 0.191 e. The van der Waals surface area contributed by atoms with Crippen LogP contribution in [0.3, 0.4) is 0 Å². The molecule has 0 unspecified atom stereocenters. The highest BCUT2D eigenvalue weighted by molar-refractivity contribution is 5.79. The van der Waals surface area contributed by atoms with Crippen molar-refractivity contribution in [1.29, 1.82) is 0 Å². The lowest BCUT2D eigenvalue weighted by Gasteiger charge is -2.14. The molecule has 26 heavy (non-hydrogen) atoms. The van der Waals surface area contributed by atoms with Crippen molar-refractivity contribution in [2.24, 2.45) is 4.99 Å². The number of fused-ring (bicyclic) bond motifs is 1. The lowest BCUT2D eigenvalue weighted by atomic mass is 10.2. The number of guanidine groups is 1. The fraction of sp³-hybridized carbons (Fsp3) is 0.316. The second-order valence-electron chi connectivity index (χ2n) is 5.85. The molecule has 138 valence electrons. The Hall–Kier alpha value is -2.83. The molecule has 0 aliphatic carbocycles. The van der Waals surface area contributed by atoms with E-state index in [4.69, 9.17) is 9.47 Å². The van der Waals surface area contributed by atoms with Gasteiger partial charge in [-0.05, 0) is 35.9 Å². The molecule has 5 nitrogen and oxygen atoms in total. The van der Waals surface area contributed by atoms with Gasteiger partial charge in [0.2, 0.25) is 0 Å².